The van der Waals surface area contributed by atoms with Crippen LogP contribution in [0.15, 0.2) is 23.1 Å². The van der Waals surface area contributed by atoms with Crippen molar-refractivity contribution in [2.45, 2.75) is 43.5 Å². The van der Waals surface area contributed by atoms with Gasteiger partial charge in [0, 0.05) is 16.6 Å². The quantitative estimate of drug-likeness (QED) is 0.589. The summed E-state index contributed by atoms with van der Waals surface area (Å²) >= 11 is 1.33. The van der Waals surface area contributed by atoms with Crippen molar-refractivity contribution in [3.05, 3.63) is 23.8 Å². The maximum Gasteiger partial charge on any atom is 0.321 e. The van der Waals surface area contributed by atoms with E-state index in [4.69, 9.17) is 5.73 Å². The minimum absolute atomic E-state index is 0.172. The van der Waals surface area contributed by atoms with E-state index in [0.29, 0.717) is 5.69 Å². The molecule has 0 radical (unpaired) electrons. The number of hydrogen-bond acceptors (Lipinski definition) is 4. The molecule has 5 nitrogen and oxygen atoms in total. The van der Waals surface area contributed by atoms with Crippen LogP contribution in [-0.4, -0.2) is 23.7 Å². The van der Waals surface area contributed by atoms with Crippen molar-refractivity contribution in [1.29, 1.82) is 0 Å². The standard InChI is InChI=1S/C15H21N3O2S/c1-10-6-7-13(12(16)8-10)21-9-14(19)18-15(20)17-11-4-2-3-5-11/h6-8,11H,2-5,9,16H2,1H3,(H2,17,18,19,20). The average molecular weight is 307 g/mol. The van der Waals surface area contributed by atoms with Gasteiger partial charge >= 0.3 is 6.03 Å². The summed E-state index contributed by atoms with van der Waals surface area (Å²) in [6.07, 6.45) is 4.27. The second-order valence-corrected chi connectivity index (χ2v) is 6.35. The summed E-state index contributed by atoms with van der Waals surface area (Å²) in [7, 11) is 0. The number of nitrogens with two attached hydrogens (primary N) is 1. The van der Waals surface area contributed by atoms with E-state index >= 15 is 0 Å². The number of rotatable bonds is 4. The van der Waals surface area contributed by atoms with E-state index in [1.54, 1.807) is 0 Å². The Balaban J connectivity index is 1.75. The van der Waals surface area contributed by atoms with Crippen LogP contribution < -0.4 is 16.4 Å². The topological polar surface area (TPSA) is 84.2 Å². The lowest BCUT2D eigenvalue weighted by Gasteiger charge is -2.12. The molecule has 1 aromatic carbocycles. The molecular formula is C15H21N3O2S. The third-order valence-corrected chi connectivity index (χ3v) is 4.56. The number of nitrogen functional groups attached to an aromatic ring is 1. The number of urea groups is 1. The monoisotopic (exact) mass is 307 g/mol. The zero-order chi connectivity index (χ0) is 15.2. The molecule has 4 N–H and O–H groups in total. The van der Waals surface area contributed by atoms with Gasteiger partial charge in [-0.1, -0.05) is 18.9 Å². The van der Waals surface area contributed by atoms with Gasteiger partial charge < -0.3 is 11.1 Å². The van der Waals surface area contributed by atoms with E-state index in [0.717, 1.165) is 36.1 Å². The molecule has 21 heavy (non-hydrogen) atoms. The number of imide groups is 1. The zero-order valence-corrected chi connectivity index (χ0v) is 13.0. The number of carbonyl (C=O) groups is 2. The molecule has 114 valence electrons. The van der Waals surface area contributed by atoms with Crippen molar-refractivity contribution in [3.8, 4) is 0 Å². The van der Waals surface area contributed by atoms with Crippen LogP contribution in [0.4, 0.5) is 10.5 Å². The fourth-order valence-electron chi connectivity index (χ4n) is 2.40. The molecule has 1 aliphatic carbocycles. The first kappa shape index (κ1) is 15.7. The van der Waals surface area contributed by atoms with Gasteiger partial charge in [0.15, 0.2) is 0 Å². The van der Waals surface area contributed by atoms with Crippen molar-refractivity contribution in [2.24, 2.45) is 0 Å². The minimum Gasteiger partial charge on any atom is -0.398 e. The number of amides is 3. The van der Waals surface area contributed by atoms with Crippen LogP contribution >= 0.6 is 11.8 Å². The van der Waals surface area contributed by atoms with Gasteiger partial charge in [0.05, 0.1) is 5.75 Å². The summed E-state index contributed by atoms with van der Waals surface area (Å²) < 4.78 is 0. The molecule has 3 amide bonds. The molecule has 2 rings (SSSR count). The number of anilines is 1. The molecule has 0 atom stereocenters. The number of benzene rings is 1. The predicted octanol–water partition coefficient (Wildman–Crippen LogP) is 2.44. The van der Waals surface area contributed by atoms with Crippen LogP contribution in [0.2, 0.25) is 0 Å². The lowest BCUT2D eigenvalue weighted by Crippen LogP contribution is -2.44. The Morgan fingerprint density at radius 3 is 2.71 bits per heavy atom. The molecule has 1 aliphatic rings. The molecule has 6 heteroatoms. The Morgan fingerprint density at radius 2 is 2.05 bits per heavy atom. The Labute approximate surface area is 129 Å². The smallest absolute Gasteiger partial charge is 0.321 e. The molecular weight excluding hydrogens is 286 g/mol. The second-order valence-electron chi connectivity index (χ2n) is 5.33. The summed E-state index contributed by atoms with van der Waals surface area (Å²) in [5, 5.41) is 5.18. The summed E-state index contributed by atoms with van der Waals surface area (Å²) in [6, 6.07) is 5.51. The summed E-state index contributed by atoms with van der Waals surface area (Å²) in [5.41, 5.74) is 7.62. The maximum atomic E-state index is 11.7. The highest BCUT2D eigenvalue weighted by Gasteiger charge is 2.18. The van der Waals surface area contributed by atoms with E-state index in [1.165, 1.54) is 11.8 Å². The van der Waals surface area contributed by atoms with Gasteiger partial charge in [-0.3, -0.25) is 10.1 Å². The lowest BCUT2D eigenvalue weighted by atomic mass is 10.2. The Bertz CT molecular complexity index is 528. The first-order valence-electron chi connectivity index (χ1n) is 7.14. The van der Waals surface area contributed by atoms with Crippen LogP contribution in [0.1, 0.15) is 31.2 Å². The molecule has 0 unspecified atom stereocenters. The minimum atomic E-state index is -0.399. The second kappa shape index (κ2) is 7.36. The van der Waals surface area contributed by atoms with Crippen LogP contribution in [0, 0.1) is 6.92 Å². The zero-order valence-electron chi connectivity index (χ0n) is 12.1. The van der Waals surface area contributed by atoms with Gasteiger partial charge in [0.1, 0.15) is 0 Å². The van der Waals surface area contributed by atoms with Crippen molar-refractivity contribution < 1.29 is 9.59 Å². The molecule has 0 spiro atoms. The van der Waals surface area contributed by atoms with Crippen LogP contribution in [-0.2, 0) is 4.79 Å². The number of nitrogens with one attached hydrogen (secondary N) is 2. The highest BCUT2D eigenvalue weighted by Crippen LogP contribution is 2.25. The largest absolute Gasteiger partial charge is 0.398 e. The van der Waals surface area contributed by atoms with Crippen molar-refractivity contribution in [1.82, 2.24) is 10.6 Å². The highest BCUT2D eigenvalue weighted by atomic mass is 32.2. The lowest BCUT2D eigenvalue weighted by molar-refractivity contribution is -0.117. The summed E-state index contributed by atoms with van der Waals surface area (Å²) in [6.45, 7) is 1.96. The van der Waals surface area contributed by atoms with Crippen LogP contribution in [0.5, 0.6) is 0 Å². The average Bonchev–Trinajstić information content (AvgIpc) is 2.90. The highest BCUT2D eigenvalue weighted by molar-refractivity contribution is 8.00. The maximum absolute atomic E-state index is 11.7. The van der Waals surface area contributed by atoms with Gasteiger partial charge in [-0.25, -0.2) is 4.79 Å². The van der Waals surface area contributed by atoms with E-state index in [-0.39, 0.29) is 17.7 Å². The molecule has 0 aromatic heterocycles. The first-order valence-corrected chi connectivity index (χ1v) is 8.12. The van der Waals surface area contributed by atoms with Crippen molar-refractivity contribution in [2.75, 3.05) is 11.5 Å². The first-order chi connectivity index (χ1) is 10.0. The number of carbonyl (C=O) groups excluding carboxylic acids is 2. The molecule has 1 aromatic rings. The number of aryl methyl sites for hydroxylation is 1. The van der Waals surface area contributed by atoms with Gasteiger partial charge in [-0.2, -0.15) is 0 Å². The van der Waals surface area contributed by atoms with Crippen molar-refractivity contribution >= 4 is 29.4 Å². The predicted molar refractivity (Wildman–Crippen MR) is 85.2 cm³/mol. The Hall–Kier alpha value is -1.69. The number of hydrogen-bond donors (Lipinski definition) is 3. The van der Waals surface area contributed by atoms with Gasteiger partial charge in [-0.15, -0.1) is 11.8 Å². The normalized spacial score (nSPS) is 14.9. The van der Waals surface area contributed by atoms with E-state index in [9.17, 15) is 9.59 Å². The molecule has 0 saturated heterocycles. The number of thioether (sulfide) groups is 1. The van der Waals surface area contributed by atoms with Crippen molar-refractivity contribution in [3.63, 3.8) is 0 Å². The third kappa shape index (κ3) is 4.97. The van der Waals surface area contributed by atoms with Gasteiger partial charge in [0.25, 0.3) is 0 Å². The third-order valence-electron chi connectivity index (χ3n) is 3.47. The molecule has 1 saturated carbocycles. The SMILES string of the molecule is Cc1ccc(SCC(=O)NC(=O)NC2CCCC2)c(N)c1. The summed E-state index contributed by atoms with van der Waals surface area (Å²) in [5.74, 6) is -0.138. The summed E-state index contributed by atoms with van der Waals surface area (Å²) in [4.78, 5) is 24.3. The van der Waals surface area contributed by atoms with Gasteiger partial charge in [0.2, 0.25) is 5.91 Å². The van der Waals surface area contributed by atoms with Crippen LogP contribution in [0.3, 0.4) is 0 Å². The van der Waals surface area contributed by atoms with E-state index in [1.807, 2.05) is 25.1 Å². The molecule has 0 bridgehead atoms. The Morgan fingerprint density at radius 1 is 1.33 bits per heavy atom. The Kier molecular flexibility index (Phi) is 5.50. The molecule has 0 aliphatic heterocycles. The van der Waals surface area contributed by atoms with E-state index in [2.05, 4.69) is 10.6 Å². The van der Waals surface area contributed by atoms with Gasteiger partial charge in [-0.05, 0) is 37.5 Å². The fourth-order valence-corrected chi connectivity index (χ4v) is 3.15. The fraction of sp³-hybridized carbons (Fsp3) is 0.467. The van der Waals surface area contributed by atoms with Crippen LogP contribution in [0.25, 0.3) is 0 Å². The van der Waals surface area contributed by atoms with E-state index < -0.39 is 6.03 Å². The molecule has 1 fully saturated rings. The molecule has 0 heterocycles.